The molecule has 1 aromatic carbocycles. The molecule has 0 unspecified atom stereocenters. The number of amidine groups is 1. The van der Waals surface area contributed by atoms with Crippen LogP contribution >= 0.6 is 11.9 Å². The van der Waals surface area contributed by atoms with Crippen LogP contribution in [0.5, 0.6) is 0 Å². The summed E-state index contributed by atoms with van der Waals surface area (Å²) in [7, 11) is 1.90. The largest absolute Gasteiger partial charge is 0.382 e. The highest BCUT2D eigenvalue weighted by Crippen LogP contribution is 2.27. The van der Waals surface area contributed by atoms with E-state index in [2.05, 4.69) is 40.3 Å². The maximum atomic E-state index is 6.26. The normalized spacial score (nSPS) is 16.2. The Bertz CT molecular complexity index is 542. The molecular formula is C17H30N6S. The molecule has 1 aliphatic carbocycles. The molecule has 24 heavy (non-hydrogen) atoms. The van der Waals surface area contributed by atoms with Gasteiger partial charge in [-0.3, -0.25) is 4.72 Å². The van der Waals surface area contributed by atoms with Gasteiger partial charge in [-0.05, 0) is 56.5 Å². The highest BCUT2D eigenvalue weighted by Gasteiger charge is 2.16. The molecule has 1 aliphatic rings. The number of hydrazone groups is 1. The highest BCUT2D eigenvalue weighted by atomic mass is 32.2. The Labute approximate surface area is 149 Å². The Morgan fingerprint density at radius 2 is 2.08 bits per heavy atom. The fourth-order valence-electron chi connectivity index (χ4n) is 2.98. The zero-order chi connectivity index (χ0) is 17.4. The first-order valence-electron chi connectivity index (χ1n) is 8.75. The van der Waals surface area contributed by atoms with E-state index in [-0.39, 0.29) is 0 Å². The van der Waals surface area contributed by atoms with Crippen molar-refractivity contribution in [3.63, 3.8) is 0 Å². The maximum Gasteiger partial charge on any atom is 0.154 e. The molecule has 0 radical (unpaired) electrons. The van der Waals surface area contributed by atoms with E-state index in [1.807, 2.05) is 7.05 Å². The third-order valence-corrected chi connectivity index (χ3v) is 4.83. The molecule has 0 heterocycles. The Morgan fingerprint density at radius 1 is 1.33 bits per heavy atom. The van der Waals surface area contributed by atoms with Gasteiger partial charge in [-0.1, -0.05) is 26.2 Å². The van der Waals surface area contributed by atoms with Crippen LogP contribution in [0.25, 0.3) is 0 Å². The molecule has 0 bridgehead atoms. The van der Waals surface area contributed by atoms with Gasteiger partial charge < -0.3 is 11.1 Å². The number of hydrogen-bond donors (Lipinski definition) is 4. The van der Waals surface area contributed by atoms with Crippen molar-refractivity contribution in [1.82, 2.24) is 9.84 Å². The molecule has 1 aromatic rings. The number of nitrogens with zero attached hydrogens (tertiary/aromatic N) is 2. The van der Waals surface area contributed by atoms with Gasteiger partial charge in [-0.25, -0.2) is 11.0 Å². The van der Waals surface area contributed by atoms with Crippen LogP contribution in [0.4, 0.5) is 5.69 Å². The summed E-state index contributed by atoms with van der Waals surface area (Å²) in [5, 5.41) is 9.40. The van der Waals surface area contributed by atoms with E-state index < -0.39 is 0 Å². The zero-order valence-electron chi connectivity index (χ0n) is 14.7. The number of nitrogens with two attached hydrogens (primary N) is 2. The van der Waals surface area contributed by atoms with Crippen molar-refractivity contribution < 1.29 is 0 Å². The molecule has 2 rings (SSSR count). The lowest BCUT2D eigenvalue weighted by Gasteiger charge is -2.25. The molecule has 1 saturated carbocycles. The van der Waals surface area contributed by atoms with Gasteiger partial charge in [0.05, 0.1) is 6.54 Å². The second-order valence-electron chi connectivity index (χ2n) is 6.14. The Kier molecular flexibility index (Phi) is 7.68. The topological polar surface area (TPSA) is 91.7 Å². The minimum atomic E-state index is 0.447. The zero-order valence-corrected chi connectivity index (χ0v) is 15.5. The van der Waals surface area contributed by atoms with E-state index >= 15 is 0 Å². The van der Waals surface area contributed by atoms with Gasteiger partial charge in [0.25, 0.3) is 0 Å². The first kappa shape index (κ1) is 18.9. The molecule has 0 spiro atoms. The van der Waals surface area contributed by atoms with Crippen molar-refractivity contribution in [1.29, 1.82) is 0 Å². The van der Waals surface area contributed by atoms with Crippen molar-refractivity contribution in [3.05, 3.63) is 23.8 Å². The van der Waals surface area contributed by atoms with Gasteiger partial charge in [-0.2, -0.15) is 0 Å². The minimum Gasteiger partial charge on any atom is -0.382 e. The summed E-state index contributed by atoms with van der Waals surface area (Å²) in [6.45, 7) is 2.74. The molecule has 0 aromatic heterocycles. The molecule has 0 amide bonds. The van der Waals surface area contributed by atoms with Crippen LogP contribution in [0.2, 0.25) is 0 Å². The summed E-state index contributed by atoms with van der Waals surface area (Å²) in [4.78, 5) is 1.10. The van der Waals surface area contributed by atoms with Crippen molar-refractivity contribution in [2.45, 2.75) is 56.4 Å². The number of hydrogen-bond acceptors (Lipinski definition) is 6. The van der Waals surface area contributed by atoms with Crippen LogP contribution in [-0.4, -0.2) is 30.6 Å². The number of nitrogens with one attached hydrogen (secondary N) is 2. The van der Waals surface area contributed by atoms with Crippen molar-refractivity contribution in [3.8, 4) is 0 Å². The lowest BCUT2D eigenvalue weighted by molar-refractivity contribution is 0.299. The maximum absolute atomic E-state index is 6.26. The SMILES string of the molecule is CCCN(N)/N=C(\N)c1cc(SNC)ccc1NC1CCCCC1. The van der Waals surface area contributed by atoms with Crippen molar-refractivity contribution in [2.75, 3.05) is 18.9 Å². The highest BCUT2D eigenvalue weighted by molar-refractivity contribution is 7.97. The van der Waals surface area contributed by atoms with Gasteiger partial charge in [-0.15, -0.1) is 5.10 Å². The molecule has 0 atom stereocenters. The summed E-state index contributed by atoms with van der Waals surface area (Å²) in [5.74, 6) is 6.33. The molecule has 0 aliphatic heterocycles. The molecule has 134 valence electrons. The summed E-state index contributed by atoms with van der Waals surface area (Å²) in [5.41, 5.74) is 8.20. The Balaban J connectivity index is 2.24. The summed E-state index contributed by atoms with van der Waals surface area (Å²) >= 11 is 1.56. The lowest BCUT2D eigenvalue weighted by atomic mass is 9.95. The third-order valence-electron chi connectivity index (χ3n) is 4.14. The van der Waals surface area contributed by atoms with E-state index in [4.69, 9.17) is 11.6 Å². The van der Waals surface area contributed by atoms with Gasteiger partial charge in [0.2, 0.25) is 0 Å². The second-order valence-corrected chi connectivity index (χ2v) is 7.22. The first-order chi connectivity index (χ1) is 11.6. The van der Waals surface area contributed by atoms with E-state index in [1.165, 1.54) is 37.2 Å². The number of rotatable bonds is 8. The number of anilines is 1. The Hall–Kier alpha value is -1.44. The predicted octanol–water partition coefficient (Wildman–Crippen LogP) is 2.86. The van der Waals surface area contributed by atoms with E-state index in [0.29, 0.717) is 18.4 Å². The van der Waals surface area contributed by atoms with Crippen LogP contribution in [0, 0.1) is 0 Å². The molecular weight excluding hydrogens is 320 g/mol. The fraction of sp³-hybridized carbons (Fsp3) is 0.588. The lowest BCUT2D eigenvalue weighted by Crippen LogP contribution is -2.31. The monoisotopic (exact) mass is 350 g/mol. The summed E-state index contributed by atoms with van der Waals surface area (Å²) in [6.07, 6.45) is 7.26. The van der Waals surface area contributed by atoms with Crippen LogP contribution < -0.4 is 21.6 Å². The van der Waals surface area contributed by atoms with Crippen LogP contribution in [0.1, 0.15) is 51.0 Å². The van der Waals surface area contributed by atoms with E-state index in [0.717, 1.165) is 22.6 Å². The van der Waals surface area contributed by atoms with Crippen LogP contribution in [-0.2, 0) is 0 Å². The summed E-state index contributed by atoms with van der Waals surface area (Å²) < 4.78 is 3.09. The molecule has 0 saturated heterocycles. The number of hydrazine groups is 1. The van der Waals surface area contributed by atoms with Crippen molar-refractivity contribution in [2.24, 2.45) is 16.7 Å². The van der Waals surface area contributed by atoms with E-state index in [1.54, 1.807) is 11.9 Å². The minimum absolute atomic E-state index is 0.447. The van der Waals surface area contributed by atoms with Crippen LogP contribution in [0.15, 0.2) is 28.2 Å². The van der Waals surface area contributed by atoms with Gasteiger partial charge in [0.1, 0.15) is 0 Å². The second kappa shape index (κ2) is 9.76. The number of benzene rings is 1. The van der Waals surface area contributed by atoms with Gasteiger partial charge in [0, 0.05) is 22.2 Å². The standard InChI is InChI=1S/C17H30N6S/c1-3-11-23(19)22-17(18)15-12-14(24-20-2)9-10-16(15)21-13-7-5-4-6-8-13/h9-10,12-13,20-21H,3-8,11,19H2,1-2H3,(H2,18,22). The summed E-state index contributed by atoms with van der Waals surface area (Å²) in [6, 6.07) is 6.75. The smallest absolute Gasteiger partial charge is 0.154 e. The molecule has 6 nitrogen and oxygen atoms in total. The van der Waals surface area contributed by atoms with Gasteiger partial charge >= 0.3 is 0 Å². The molecule has 7 heteroatoms. The van der Waals surface area contributed by atoms with Gasteiger partial charge in [0.15, 0.2) is 5.84 Å². The van der Waals surface area contributed by atoms with E-state index in [9.17, 15) is 0 Å². The van der Waals surface area contributed by atoms with Crippen LogP contribution in [0.3, 0.4) is 0 Å². The Morgan fingerprint density at radius 3 is 2.75 bits per heavy atom. The first-order valence-corrected chi connectivity index (χ1v) is 9.56. The average molecular weight is 351 g/mol. The third kappa shape index (κ3) is 5.58. The molecule has 1 fully saturated rings. The van der Waals surface area contributed by atoms with Crippen molar-refractivity contribution >= 4 is 23.5 Å². The quantitative estimate of drug-likeness (QED) is 0.189. The molecule has 6 N–H and O–H groups in total. The fourth-order valence-corrected chi connectivity index (χ4v) is 3.53. The predicted molar refractivity (Wildman–Crippen MR) is 104 cm³/mol. The average Bonchev–Trinajstić information content (AvgIpc) is 2.57.